The van der Waals surface area contributed by atoms with Gasteiger partial charge in [-0.25, -0.2) is 4.98 Å². The van der Waals surface area contributed by atoms with Crippen molar-refractivity contribution in [1.29, 1.82) is 0 Å². The normalized spacial score (nSPS) is 14.0. The van der Waals surface area contributed by atoms with E-state index in [1.165, 1.54) is 22.1 Å². The van der Waals surface area contributed by atoms with Gasteiger partial charge in [-0.05, 0) is 38.0 Å². The number of pyridine rings is 1. The van der Waals surface area contributed by atoms with Gasteiger partial charge >= 0.3 is 29.6 Å². The third-order valence-electron chi connectivity index (χ3n) is 5.61. The average Bonchev–Trinajstić information content (AvgIpc) is 3.41. The topological polar surface area (TPSA) is 91.3 Å². The number of hydrogen-bond donors (Lipinski definition) is 0. The van der Waals surface area contributed by atoms with E-state index in [4.69, 9.17) is 0 Å². The molecule has 1 saturated heterocycles. The summed E-state index contributed by atoms with van der Waals surface area (Å²) in [6, 6.07) is 9.08. The fourth-order valence-corrected chi connectivity index (χ4v) is 4.99. The minimum absolute atomic E-state index is 0. The molecule has 0 unspecified atom stereocenters. The molecule has 10 heteroatoms. The first-order valence-electron chi connectivity index (χ1n) is 9.97. The summed E-state index contributed by atoms with van der Waals surface area (Å²) in [4.78, 5) is 43.9. The smallest absolute Gasteiger partial charge is 0.585 e. The Morgan fingerprint density at radius 3 is 2.71 bits per heavy atom. The molecule has 31 heavy (non-hydrogen) atoms. The molecule has 1 aliphatic rings. The van der Waals surface area contributed by atoms with E-state index in [0.29, 0.717) is 47.7 Å². The Balaban J connectivity index is 0.00000231. The molecule has 154 valence electrons. The van der Waals surface area contributed by atoms with Gasteiger partial charge in [-0.2, -0.15) is 0 Å². The van der Waals surface area contributed by atoms with Crippen molar-refractivity contribution in [2.45, 2.75) is 32.7 Å². The number of carbonyl (C=O) groups is 1. The molecule has 1 aromatic carbocycles. The minimum atomic E-state index is -0.273. The monoisotopic (exact) mass is 445 g/mol. The van der Waals surface area contributed by atoms with E-state index in [1.807, 2.05) is 29.2 Å². The summed E-state index contributed by atoms with van der Waals surface area (Å²) in [5.74, 6) is 0.175. The number of nitrogens with zero attached hydrogens (tertiary/aromatic N) is 5. The first-order chi connectivity index (χ1) is 14.5. The Labute approximate surface area is 203 Å². The maximum absolute atomic E-state index is 13.1. The van der Waals surface area contributed by atoms with Crippen LogP contribution in [0.25, 0.3) is 26.3 Å². The van der Waals surface area contributed by atoms with Gasteiger partial charge < -0.3 is 19.2 Å². The largest absolute Gasteiger partial charge is 1.00 e. The van der Waals surface area contributed by atoms with Crippen LogP contribution in [0.2, 0.25) is 0 Å². The summed E-state index contributed by atoms with van der Waals surface area (Å²) in [6.45, 7) is 3.63. The van der Waals surface area contributed by atoms with Crippen LogP contribution in [-0.2, 0) is 11.3 Å². The van der Waals surface area contributed by atoms with Crippen LogP contribution in [0.4, 0.5) is 0 Å². The number of amides is 1. The molecule has 3 aromatic heterocycles. The zero-order valence-electron chi connectivity index (χ0n) is 17.5. The number of hydrogen-bond acceptors (Lipinski definition) is 5. The number of benzene rings is 1. The van der Waals surface area contributed by atoms with E-state index in [0.717, 1.165) is 23.2 Å². The molecular weight excluding hydrogens is 425 g/mol. The standard InChI is InChI=1S/C21H21N5O3S.Na/c1-13-19-15(12-18(28)25(13)11-5-10-24-9-4-8-17(24)27)23-26(20(19)29)21-22-14-6-2-3-7-16(14)30-21;/h2-3,6-7,12H,4-5,8-11H2,1H3,(H,23,28);/q;+1/p-1. The van der Waals surface area contributed by atoms with Crippen molar-refractivity contribution < 1.29 is 34.4 Å². The number of likely N-dealkylation sites (tertiary alicyclic amines) is 1. The van der Waals surface area contributed by atoms with Gasteiger partial charge in [0, 0.05) is 37.1 Å². The minimum Gasteiger partial charge on any atom is -0.585 e. The first-order valence-corrected chi connectivity index (χ1v) is 10.8. The summed E-state index contributed by atoms with van der Waals surface area (Å²) in [7, 11) is 0. The number of thiazole rings is 1. The maximum Gasteiger partial charge on any atom is 1.00 e. The Morgan fingerprint density at radius 2 is 1.97 bits per heavy atom. The van der Waals surface area contributed by atoms with Crippen LogP contribution in [0, 0.1) is 6.92 Å². The van der Waals surface area contributed by atoms with E-state index >= 15 is 0 Å². The third-order valence-corrected chi connectivity index (χ3v) is 6.62. The predicted octanol–water partition coefficient (Wildman–Crippen LogP) is -0.956. The summed E-state index contributed by atoms with van der Waals surface area (Å²) >= 11 is 1.39. The van der Waals surface area contributed by atoms with Gasteiger partial charge in [0.15, 0.2) is 5.13 Å². The molecule has 0 spiro atoms. The molecular formula is C21H20N5NaO3S. The predicted molar refractivity (Wildman–Crippen MR) is 115 cm³/mol. The van der Waals surface area contributed by atoms with Crippen molar-refractivity contribution in [3.8, 4) is 5.13 Å². The fraction of sp³-hybridized carbons (Fsp3) is 0.333. The van der Waals surface area contributed by atoms with Crippen LogP contribution in [0.3, 0.4) is 0 Å². The molecule has 1 fully saturated rings. The van der Waals surface area contributed by atoms with Gasteiger partial charge in [0.25, 0.3) is 0 Å². The van der Waals surface area contributed by atoms with E-state index < -0.39 is 0 Å². The van der Waals surface area contributed by atoms with E-state index in [-0.39, 0.29) is 46.6 Å². The van der Waals surface area contributed by atoms with E-state index in [9.17, 15) is 14.4 Å². The zero-order valence-corrected chi connectivity index (χ0v) is 20.3. The van der Waals surface area contributed by atoms with Gasteiger partial charge in [-0.1, -0.05) is 23.5 Å². The second-order valence-corrected chi connectivity index (χ2v) is 8.51. The quantitative estimate of drug-likeness (QED) is 0.369. The number of aromatic nitrogens is 4. The zero-order chi connectivity index (χ0) is 20.8. The summed E-state index contributed by atoms with van der Waals surface area (Å²) in [5, 5.41) is 5.31. The second kappa shape index (κ2) is 8.74. The Kier molecular flexibility index (Phi) is 6.20. The van der Waals surface area contributed by atoms with Crippen molar-refractivity contribution in [3.05, 3.63) is 56.7 Å². The molecule has 4 aromatic rings. The van der Waals surface area contributed by atoms with Gasteiger partial charge in [-0.3, -0.25) is 14.4 Å². The molecule has 8 nitrogen and oxygen atoms in total. The number of fused-ring (bicyclic) bond motifs is 2. The van der Waals surface area contributed by atoms with Crippen molar-refractivity contribution in [3.63, 3.8) is 0 Å². The van der Waals surface area contributed by atoms with Crippen LogP contribution in [0.5, 0.6) is 0 Å². The van der Waals surface area contributed by atoms with E-state index in [1.54, 1.807) is 11.5 Å². The van der Waals surface area contributed by atoms with Gasteiger partial charge in [0.1, 0.15) is 0 Å². The Bertz CT molecular complexity index is 1370. The number of rotatable bonds is 5. The SMILES string of the molecule is Cc1c2c(=O)n(-c3nc4ccccc4s3)[n-]c2cc(=O)n1CCCN1CCCC1=O.[Na+]. The van der Waals surface area contributed by atoms with Crippen molar-refractivity contribution >= 4 is 38.4 Å². The van der Waals surface area contributed by atoms with Crippen molar-refractivity contribution in [1.82, 2.24) is 24.2 Å². The number of carbonyl (C=O) groups excluding carboxylic acids is 1. The average molecular weight is 445 g/mol. The fourth-order valence-electron chi connectivity index (χ4n) is 4.07. The van der Waals surface area contributed by atoms with Crippen molar-refractivity contribution in [2.24, 2.45) is 0 Å². The Morgan fingerprint density at radius 1 is 1.16 bits per heavy atom. The number of aryl methyl sites for hydroxylation is 1. The molecule has 0 atom stereocenters. The molecule has 0 aliphatic carbocycles. The summed E-state index contributed by atoms with van der Waals surface area (Å²) in [6.07, 6.45) is 2.17. The van der Waals surface area contributed by atoms with Crippen LogP contribution >= 0.6 is 11.3 Å². The summed E-state index contributed by atoms with van der Waals surface area (Å²) < 4.78 is 3.86. The molecule has 0 radical (unpaired) electrons. The second-order valence-electron chi connectivity index (χ2n) is 7.50. The number of para-hydroxylation sites is 1. The third kappa shape index (κ3) is 3.91. The van der Waals surface area contributed by atoms with Gasteiger partial charge in [0.05, 0.1) is 10.2 Å². The van der Waals surface area contributed by atoms with Crippen LogP contribution in [0.15, 0.2) is 39.9 Å². The molecule has 5 rings (SSSR count). The first kappa shape index (κ1) is 22.0. The van der Waals surface area contributed by atoms with Crippen LogP contribution in [0.1, 0.15) is 25.0 Å². The van der Waals surface area contributed by atoms with Crippen molar-refractivity contribution in [2.75, 3.05) is 13.1 Å². The maximum atomic E-state index is 13.1. The Hall–Kier alpha value is -2.20. The van der Waals surface area contributed by atoms with Crippen LogP contribution < -0.4 is 45.8 Å². The molecule has 1 amide bonds. The molecule has 1 aliphatic heterocycles. The molecule has 0 N–H and O–H groups in total. The summed E-state index contributed by atoms with van der Waals surface area (Å²) in [5.41, 5.74) is 1.33. The van der Waals surface area contributed by atoms with E-state index in [2.05, 4.69) is 10.1 Å². The van der Waals surface area contributed by atoms with Crippen LogP contribution in [-0.4, -0.2) is 38.1 Å². The van der Waals surface area contributed by atoms with Gasteiger partial charge in [0.2, 0.25) is 17.0 Å². The molecule has 0 saturated carbocycles. The molecule has 0 bridgehead atoms. The molecule has 4 heterocycles. The van der Waals surface area contributed by atoms with Gasteiger partial charge in [-0.15, -0.1) is 5.52 Å².